The fourth-order valence-electron chi connectivity index (χ4n) is 1.98. The number of nitrogens with one attached hydrogen (secondary N) is 2. The average Bonchev–Trinajstić information content (AvgIpc) is 2.39. The molecule has 1 fully saturated rings. The highest BCUT2D eigenvalue weighted by Crippen LogP contribution is 2.10. The van der Waals surface area contributed by atoms with Gasteiger partial charge in [0.2, 0.25) is 0 Å². The van der Waals surface area contributed by atoms with E-state index in [4.69, 9.17) is 5.26 Å². The number of nitrogens with zero attached hydrogens (tertiary/aromatic N) is 1. The molecule has 1 aliphatic heterocycles. The summed E-state index contributed by atoms with van der Waals surface area (Å²) < 4.78 is 13.4. The van der Waals surface area contributed by atoms with Crippen molar-refractivity contribution in [3.63, 3.8) is 0 Å². The van der Waals surface area contributed by atoms with Crippen LogP contribution in [0.3, 0.4) is 0 Å². The van der Waals surface area contributed by atoms with Gasteiger partial charge >= 0.3 is 0 Å². The van der Waals surface area contributed by atoms with Gasteiger partial charge in [-0.05, 0) is 44.1 Å². The molecule has 0 aromatic heterocycles. The number of hydrogen-bond donors (Lipinski definition) is 2. The first-order valence-electron chi connectivity index (χ1n) is 5.92. The predicted octanol–water partition coefficient (Wildman–Crippen LogP) is 1.60. The zero-order chi connectivity index (χ0) is 13.0. The van der Waals surface area contributed by atoms with Crippen molar-refractivity contribution in [2.24, 2.45) is 0 Å². The van der Waals surface area contributed by atoms with Crippen LogP contribution in [-0.4, -0.2) is 25.0 Å². The number of carbonyl (C=O) groups is 1. The summed E-state index contributed by atoms with van der Waals surface area (Å²) in [5.41, 5.74) is 0.207. The molecule has 6 heteroatoms. The van der Waals surface area contributed by atoms with Crippen molar-refractivity contribution < 1.29 is 9.18 Å². The van der Waals surface area contributed by atoms with Gasteiger partial charge in [-0.1, -0.05) is 0 Å². The van der Waals surface area contributed by atoms with E-state index in [0.29, 0.717) is 0 Å². The maximum absolute atomic E-state index is 13.4. The summed E-state index contributed by atoms with van der Waals surface area (Å²) in [5.74, 6) is -0.944. The lowest BCUT2D eigenvalue weighted by molar-refractivity contribution is 0.0929. The van der Waals surface area contributed by atoms with Crippen LogP contribution in [0.15, 0.2) is 18.2 Å². The van der Waals surface area contributed by atoms with Crippen molar-refractivity contribution in [3.05, 3.63) is 35.1 Å². The van der Waals surface area contributed by atoms with Gasteiger partial charge in [-0.25, -0.2) is 4.39 Å². The number of amides is 1. The van der Waals surface area contributed by atoms with Gasteiger partial charge in [-0.3, -0.25) is 4.79 Å². The molecule has 102 valence electrons. The molecule has 0 saturated carbocycles. The van der Waals surface area contributed by atoms with Crippen molar-refractivity contribution in [1.82, 2.24) is 10.6 Å². The highest BCUT2D eigenvalue weighted by Gasteiger charge is 2.17. The van der Waals surface area contributed by atoms with Gasteiger partial charge in [0, 0.05) is 11.6 Å². The van der Waals surface area contributed by atoms with E-state index in [-0.39, 0.29) is 35.5 Å². The molecule has 1 heterocycles. The minimum Gasteiger partial charge on any atom is -0.349 e. The Morgan fingerprint density at radius 1 is 1.42 bits per heavy atom. The molecule has 0 bridgehead atoms. The van der Waals surface area contributed by atoms with Crippen molar-refractivity contribution in [3.8, 4) is 6.07 Å². The Bertz CT molecular complexity index is 495. The quantitative estimate of drug-likeness (QED) is 0.866. The molecule has 0 atom stereocenters. The van der Waals surface area contributed by atoms with Crippen molar-refractivity contribution in [1.29, 1.82) is 5.26 Å². The van der Waals surface area contributed by atoms with Crippen LogP contribution in [0.4, 0.5) is 4.39 Å². The van der Waals surface area contributed by atoms with Crippen molar-refractivity contribution in [2.75, 3.05) is 13.1 Å². The number of rotatable bonds is 2. The number of hydrogen-bond acceptors (Lipinski definition) is 3. The molecule has 0 spiro atoms. The maximum Gasteiger partial charge on any atom is 0.251 e. The third-order valence-electron chi connectivity index (χ3n) is 3.03. The Morgan fingerprint density at radius 3 is 2.68 bits per heavy atom. The molecule has 2 rings (SSSR count). The Balaban J connectivity index is 0.00000180. The van der Waals surface area contributed by atoms with Gasteiger partial charge < -0.3 is 10.6 Å². The monoisotopic (exact) mass is 283 g/mol. The fraction of sp³-hybridized carbons (Fsp3) is 0.385. The second kappa shape index (κ2) is 7.07. The normalized spacial score (nSPS) is 15.2. The lowest BCUT2D eigenvalue weighted by Crippen LogP contribution is -2.42. The number of benzene rings is 1. The summed E-state index contributed by atoms with van der Waals surface area (Å²) in [7, 11) is 0. The SMILES string of the molecule is Cl.N#Cc1ccc(C(=O)NC2CCNCC2)cc1F. The predicted molar refractivity (Wildman–Crippen MR) is 71.7 cm³/mol. The van der Waals surface area contributed by atoms with Crippen LogP contribution in [0.25, 0.3) is 0 Å². The largest absolute Gasteiger partial charge is 0.349 e. The van der Waals surface area contributed by atoms with Gasteiger partial charge in [0.05, 0.1) is 5.56 Å². The third-order valence-corrected chi connectivity index (χ3v) is 3.03. The molecule has 1 amide bonds. The molecule has 1 aliphatic rings. The van der Waals surface area contributed by atoms with E-state index in [2.05, 4.69) is 10.6 Å². The molecule has 1 aromatic carbocycles. The average molecular weight is 284 g/mol. The van der Waals surface area contributed by atoms with Crippen LogP contribution in [0, 0.1) is 17.1 Å². The summed E-state index contributed by atoms with van der Waals surface area (Å²) in [4.78, 5) is 11.9. The third kappa shape index (κ3) is 3.91. The fourth-order valence-corrected chi connectivity index (χ4v) is 1.98. The number of nitriles is 1. The first kappa shape index (κ1) is 15.4. The molecule has 0 radical (unpaired) electrons. The summed E-state index contributed by atoms with van der Waals surface area (Å²) in [6.07, 6.45) is 1.76. The van der Waals surface area contributed by atoms with Gasteiger partial charge in [0.25, 0.3) is 5.91 Å². The summed E-state index contributed by atoms with van der Waals surface area (Å²) in [6, 6.07) is 5.77. The maximum atomic E-state index is 13.4. The number of piperidine rings is 1. The standard InChI is InChI=1S/C13H14FN3O.ClH/c14-12-7-9(1-2-10(12)8-15)13(18)17-11-3-5-16-6-4-11;/h1-2,7,11,16H,3-6H2,(H,17,18);1H. The van der Waals surface area contributed by atoms with Gasteiger partial charge in [-0.2, -0.15) is 5.26 Å². The molecule has 4 nitrogen and oxygen atoms in total. The summed E-state index contributed by atoms with van der Waals surface area (Å²) in [6.45, 7) is 1.76. The van der Waals surface area contributed by atoms with E-state index in [0.717, 1.165) is 32.0 Å². The highest BCUT2D eigenvalue weighted by atomic mass is 35.5. The molecule has 0 aliphatic carbocycles. The number of carbonyl (C=O) groups excluding carboxylic acids is 1. The molecule has 2 N–H and O–H groups in total. The van der Waals surface area contributed by atoms with Crippen LogP contribution < -0.4 is 10.6 Å². The summed E-state index contributed by atoms with van der Waals surface area (Å²) in [5, 5.41) is 14.7. The van der Waals surface area contributed by atoms with Crippen LogP contribution in [0.2, 0.25) is 0 Å². The molecule has 19 heavy (non-hydrogen) atoms. The lowest BCUT2D eigenvalue weighted by atomic mass is 10.1. The zero-order valence-corrected chi connectivity index (χ0v) is 11.1. The first-order valence-corrected chi connectivity index (χ1v) is 5.92. The molecular formula is C13H15ClFN3O. The van der Waals surface area contributed by atoms with Crippen LogP contribution in [0.1, 0.15) is 28.8 Å². The molecular weight excluding hydrogens is 269 g/mol. The molecule has 1 aromatic rings. The second-order valence-corrected chi connectivity index (χ2v) is 4.30. The smallest absolute Gasteiger partial charge is 0.251 e. The number of halogens is 2. The van der Waals surface area contributed by atoms with E-state index in [1.165, 1.54) is 12.1 Å². The lowest BCUT2D eigenvalue weighted by Gasteiger charge is -2.23. The van der Waals surface area contributed by atoms with E-state index in [9.17, 15) is 9.18 Å². The Morgan fingerprint density at radius 2 is 2.11 bits per heavy atom. The summed E-state index contributed by atoms with van der Waals surface area (Å²) >= 11 is 0. The highest BCUT2D eigenvalue weighted by molar-refractivity contribution is 5.94. The minimum atomic E-state index is -0.657. The van der Waals surface area contributed by atoms with Crippen LogP contribution in [-0.2, 0) is 0 Å². The van der Waals surface area contributed by atoms with E-state index >= 15 is 0 Å². The second-order valence-electron chi connectivity index (χ2n) is 4.30. The van der Waals surface area contributed by atoms with E-state index < -0.39 is 5.82 Å². The topological polar surface area (TPSA) is 64.9 Å². The van der Waals surface area contributed by atoms with Gasteiger partial charge in [0.1, 0.15) is 11.9 Å². The van der Waals surface area contributed by atoms with Gasteiger partial charge in [-0.15, -0.1) is 12.4 Å². The Kier molecular flexibility index (Phi) is 5.74. The van der Waals surface area contributed by atoms with Crippen LogP contribution in [0.5, 0.6) is 0 Å². The molecule has 0 unspecified atom stereocenters. The van der Waals surface area contributed by atoms with E-state index in [1.807, 2.05) is 0 Å². The van der Waals surface area contributed by atoms with Crippen LogP contribution >= 0.6 is 12.4 Å². The van der Waals surface area contributed by atoms with Crippen molar-refractivity contribution in [2.45, 2.75) is 18.9 Å². The van der Waals surface area contributed by atoms with Crippen molar-refractivity contribution >= 4 is 18.3 Å². The first-order chi connectivity index (χ1) is 8.70. The van der Waals surface area contributed by atoms with E-state index in [1.54, 1.807) is 6.07 Å². The van der Waals surface area contributed by atoms with Gasteiger partial charge in [0.15, 0.2) is 0 Å². The molecule has 1 saturated heterocycles. The Hall–Kier alpha value is -1.64. The Labute approximate surface area is 117 Å². The minimum absolute atomic E-state index is 0. The zero-order valence-electron chi connectivity index (χ0n) is 10.3.